The Balaban J connectivity index is 2.00. The van der Waals surface area contributed by atoms with Gasteiger partial charge in [-0.3, -0.25) is 5.84 Å². The Morgan fingerprint density at radius 3 is 2.62 bits per heavy atom. The lowest BCUT2D eigenvalue weighted by molar-refractivity contribution is 1.35. The van der Waals surface area contributed by atoms with Crippen LogP contribution in [-0.4, -0.2) is 4.98 Å². The summed E-state index contributed by atoms with van der Waals surface area (Å²) in [4.78, 5) is 4.51. The average molecular weight is 292 g/mol. The molecule has 0 saturated carbocycles. The topological polar surface area (TPSA) is 74.7 Å². The molecule has 0 unspecified atom stereocenters. The summed E-state index contributed by atoms with van der Waals surface area (Å²) in [5, 5.41) is 10.1. The Morgan fingerprint density at radius 2 is 1.95 bits per heavy atom. The lowest BCUT2D eigenvalue weighted by Gasteiger charge is -2.00. The number of allylic oxidation sites excluding steroid dienone is 1. The van der Waals surface area contributed by atoms with Crippen LogP contribution in [0.1, 0.15) is 10.6 Å². The molecular formula is C16H12N4S. The maximum atomic E-state index is 9.38. The number of benzene rings is 2. The zero-order chi connectivity index (χ0) is 14.7. The highest BCUT2D eigenvalue weighted by atomic mass is 32.1. The number of aromatic nitrogens is 1. The quantitative estimate of drug-likeness (QED) is 0.439. The van der Waals surface area contributed by atoms with Gasteiger partial charge in [0.1, 0.15) is 11.1 Å². The standard InChI is InChI=1S/C16H12N4S/c17-10-12(9-11-5-7-13(20-18)8-6-11)16-19-14-3-1-2-4-15(14)21-16/h1-9,20H,18H2. The molecule has 102 valence electrons. The Kier molecular flexibility index (Phi) is 3.65. The Labute approximate surface area is 126 Å². The highest BCUT2D eigenvalue weighted by Gasteiger charge is 2.08. The third kappa shape index (κ3) is 2.77. The summed E-state index contributed by atoms with van der Waals surface area (Å²) in [6, 6.07) is 17.6. The number of nitrogen functional groups attached to an aromatic ring is 1. The molecule has 4 nitrogen and oxygen atoms in total. The lowest BCUT2D eigenvalue weighted by Crippen LogP contribution is -2.05. The van der Waals surface area contributed by atoms with Crippen molar-refractivity contribution < 1.29 is 0 Å². The van der Waals surface area contributed by atoms with Gasteiger partial charge in [0.15, 0.2) is 0 Å². The van der Waals surface area contributed by atoms with E-state index >= 15 is 0 Å². The zero-order valence-corrected chi connectivity index (χ0v) is 11.9. The van der Waals surface area contributed by atoms with Crippen LogP contribution in [0.5, 0.6) is 0 Å². The molecule has 5 heteroatoms. The maximum Gasteiger partial charge on any atom is 0.135 e. The van der Waals surface area contributed by atoms with Gasteiger partial charge in [-0.1, -0.05) is 24.3 Å². The van der Waals surface area contributed by atoms with E-state index in [0.717, 1.165) is 26.5 Å². The highest BCUT2D eigenvalue weighted by Crippen LogP contribution is 2.28. The van der Waals surface area contributed by atoms with Crippen molar-refractivity contribution in [2.45, 2.75) is 0 Å². The van der Waals surface area contributed by atoms with Crippen LogP contribution in [0, 0.1) is 11.3 Å². The van der Waals surface area contributed by atoms with Crippen molar-refractivity contribution in [2.75, 3.05) is 5.43 Å². The van der Waals surface area contributed by atoms with E-state index in [1.54, 1.807) is 0 Å². The van der Waals surface area contributed by atoms with E-state index in [4.69, 9.17) is 5.84 Å². The summed E-state index contributed by atoms with van der Waals surface area (Å²) in [6.07, 6.45) is 1.83. The van der Waals surface area contributed by atoms with Crippen LogP contribution in [0.15, 0.2) is 48.5 Å². The first kappa shape index (κ1) is 13.3. The average Bonchev–Trinajstić information content (AvgIpc) is 2.97. The number of anilines is 1. The molecule has 0 atom stereocenters. The van der Waals surface area contributed by atoms with Gasteiger partial charge in [-0.2, -0.15) is 5.26 Å². The molecule has 3 aromatic rings. The maximum absolute atomic E-state index is 9.38. The molecule has 3 N–H and O–H groups in total. The third-order valence-electron chi connectivity index (χ3n) is 3.03. The van der Waals surface area contributed by atoms with Crippen LogP contribution < -0.4 is 11.3 Å². The minimum atomic E-state index is 0.560. The summed E-state index contributed by atoms with van der Waals surface area (Å²) in [6.45, 7) is 0. The van der Waals surface area contributed by atoms with E-state index in [9.17, 15) is 5.26 Å². The van der Waals surface area contributed by atoms with E-state index < -0.39 is 0 Å². The molecule has 3 rings (SSSR count). The number of nitriles is 1. The van der Waals surface area contributed by atoms with Gasteiger partial charge in [0.2, 0.25) is 0 Å². The van der Waals surface area contributed by atoms with Crippen molar-refractivity contribution >= 4 is 38.9 Å². The number of fused-ring (bicyclic) bond motifs is 1. The van der Waals surface area contributed by atoms with Gasteiger partial charge >= 0.3 is 0 Å². The summed E-state index contributed by atoms with van der Waals surface area (Å²) in [7, 11) is 0. The smallest absolute Gasteiger partial charge is 0.135 e. The minimum absolute atomic E-state index is 0.560. The van der Waals surface area contributed by atoms with Crippen LogP contribution in [-0.2, 0) is 0 Å². The largest absolute Gasteiger partial charge is 0.324 e. The first-order valence-electron chi connectivity index (χ1n) is 6.34. The lowest BCUT2D eigenvalue weighted by atomic mass is 10.1. The predicted molar refractivity (Wildman–Crippen MR) is 87.4 cm³/mol. The van der Waals surface area contributed by atoms with Crippen molar-refractivity contribution in [3.8, 4) is 6.07 Å². The zero-order valence-electron chi connectivity index (χ0n) is 11.1. The van der Waals surface area contributed by atoms with Gasteiger partial charge < -0.3 is 5.43 Å². The molecular weight excluding hydrogens is 280 g/mol. The normalized spacial score (nSPS) is 11.3. The second kappa shape index (κ2) is 5.75. The van der Waals surface area contributed by atoms with Crippen LogP contribution >= 0.6 is 11.3 Å². The van der Waals surface area contributed by atoms with Crippen LogP contribution in [0.4, 0.5) is 5.69 Å². The molecule has 0 aliphatic heterocycles. The number of hydrazine groups is 1. The Morgan fingerprint density at radius 1 is 1.19 bits per heavy atom. The fraction of sp³-hybridized carbons (Fsp3) is 0. The van der Waals surface area contributed by atoms with Crippen molar-refractivity contribution in [3.63, 3.8) is 0 Å². The molecule has 0 saturated heterocycles. The number of para-hydroxylation sites is 1. The van der Waals surface area contributed by atoms with Gasteiger partial charge in [-0.25, -0.2) is 4.98 Å². The Hall–Kier alpha value is -2.68. The summed E-state index contributed by atoms with van der Waals surface area (Å²) in [5.41, 5.74) is 5.81. The monoisotopic (exact) mass is 292 g/mol. The predicted octanol–water partition coefficient (Wildman–Crippen LogP) is 3.65. The van der Waals surface area contributed by atoms with Crippen molar-refractivity contribution in [1.29, 1.82) is 5.26 Å². The van der Waals surface area contributed by atoms with Gasteiger partial charge in [0.25, 0.3) is 0 Å². The highest BCUT2D eigenvalue weighted by molar-refractivity contribution is 7.19. The van der Waals surface area contributed by atoms with Crippen LogP contribution in [0.3, 0.4) is 0 Å². The first-order chi connectivity index (χ1) is 10.3. The fourth-order valence-corrected chi connectivity index (χ4v) is 2.90. The van der Waals surface area contributed by atoms with E-state index in [1.807, 2.05) is 54.6 Å². The molecule has 2 aromatic carbocycles. The molecule has 0 spiro atoms. The van der Waals surface area contributed by atoms with E-state index in [2.05, 4.69) is 16.5 Å². The number of thiazole rings is 1. The third-order valence-corrected chi connectivity index (χ3v) is 4.10. The second-order valence-corrected chi connectivity index (χ2v) is 5.45. The molecule has 0 aliphatic carbocycles. The SMILES string of the molecule is N#CC(=Cc1ccc(NN)cc1)c1nc2ccccc2s1. The van der Waals surface area contributed by atoms with Crippen molar-refractivity contribution in [2.24, 2.45) is 5.84 Å². The second-order valence-electron chi connectivity index (χ2n) is 4.42. The van der Waals surface area contributed by atoms with E-state index in [0.29, 0.717) is 5.57 Å². The van der Waals surface area contributed by atoms with E-state index in [1.165, 1.54) is 11.3 Å². The Bertz CT molecular complexity index is 808. The number of nitrogens with one attached hydrogen (secondary N) is 1. The van der Waals surface area contributed by atoms with Crippen molar-refractivity contribution in [1.82, 2.24) is 4.98 Å². The summed E-state index contributed by atoms with van der Waals surface area (Å²) in [5.74, 6) is 5.34. The number of nitrogens with two attached hydrogens (primary N) is 1. The molecule has 1 aromatic heterocycles. The van der Waals surface area contributed by atoms with Gasteiger partial charge in [-0.05, 0) is 35.9 Å². The number of hydrogen-bond acceptors (Lipinski definition) is 5. The summed E-state index contributed by atoms with van der Waals surface area (Å²) >= 11 is 1.52. The number of rotatable bonds is 3. The van der Waals surface area contributed by atoms with Gasteiger partial charge in [0.05, 0.1) is 15.8 Å². The van der Waals surface area contributed by atoms with Gasteiger partial charge in [0, 0.05) is 5.69 Å². The molecule has 0 radical (unpaired) electrons. The molecule has 21 heavy (non-hydrogen) atoms. The summed E-state index contributed by atoms with van der Waals surface area (Å²) < 4.78 is 1.08. The van der Waals surface area contributed by atoms with E-state index in [-0.39, 0.29) is 0 Å². The number of nitrogens with zero attached hydrogens (tertiary/aromatic N) is 2. The fourth-order valence-electron chi connectivity index (χ4n) is 1.97. The molecule has 0 amide bonds. The van der Waals surface area contributed by atoms with Crippen LogP contribution in [0.25, 0.3) is 21.9 Å². The molecule has 1 heterocycles. The van der Waals surface area contributed by atoms with Crippen molar-refractivity contribution in [3.05, 3.63) is 59.1 Å². The minimum Gasteiger partial charge on any atom is -0.324 e. The molecule has 0 bridgehead atoms. The number of hydrogen-bond donors (Lipinski definition) is 2. The molecule has 0 aliphatic rings. The van der Waals surface area contributed by atoms with Crippen LogP contribution in [0.2, 0.25) is 0 Å². The van der Waals surface area contributed by atoms with Gasteiger partial charge in [-0.15, -0.1) is 11.3 Å². The first-order valence-corrected chi connectivity index (χ1v) is 7.16. The molecule has 0 fully saturated rings.